The first kappa shape index (κ1) is 31.1. The maximum Gasteiger partial charge on any atom is 0.264 e. The van der Waals surface area contributed by atoms with Gasteiger partial charge in [0.25, 0.3) is 10.0 Å². The molecule has 2 amide bonds. The Labute approximate surface area is 249 Å². The Hall–Kier alpha value is -3.85. The van der Waals surface area contributed by atoms with Crippen molar-refractivity contribution in [2.75, 3.05) is 18.0 Å². The molecule has 0 spiro atoms. The summed E-state index contributed by atoms with van der Waals surface area (Å²) >= 11 is 0. The number of nitrogens with one attached hydrogen (secondary N) is 1. The van der Waals surface area contributed by atoms with Crippen LogP contribution in [-0.2, 0) is 26.2 Å². The number of benzene rings is 3. The molecule has 3 aromatic carbocycles. The van der Waals surface area contributed by atoms with Gasteiger partial charge in [-0.2, -0.15) is 0 Å². The lowest BCUT2D eigenvalue weighted by Crippen LogP contribution is -2.53. The fourth-order valence-corrected chi connectivity index (χ4v) is 6.65. The van der Waals surface area contributed by atoms with Crippen molar-refractivity contribution >= 4 is 27.5 Å². The molecule has 1 aliphatic rings. The van der Waals surface area contributed by atoms with Crippen molar-refractivity contribution in [3.8, 4) is 5.75 Å². The van der Waals surface area contributed by atoms with Gasteiger partial charge in [0.05, 0.1) is 17.7 Å². The molecule has 0 heterocycles. The van der Waals surface area contributed by atoms with Crippen LogP contribution in [0.25, 0.3) is 0 Å². The molecular weight excluding hydrogens is 550 g/mol. The summed E-state index contributed by atoms with van der Waals surface area (Å²) < 4.78 is 34.3. The van der Waals surface area contributed by atoms with Crippen LogP contribution in [0.15, 0.2) is 77.7 Å². The molecule has 0 radical (unpaired) electrons. The van der Waals surface area contributed by atoms with Crippen LogP contribution in [0.2, 0.25) is 0 Å². The largest absolute Gasteiger partial charge is 0.497 e. The summed E-state index contributed by atoms with van der Waals surface area (Å²) in [6.45, 7) is 5.24. The number of sulfonamides is 1. The maximum atomic E-state index is 14.2. The molecule has 1 fully saturated rings. The molecule has 3 aromatic rings. The molecule has 1 saturated carbocycles. The quantitative estimate of drug-likeness (QED) is 0.323. The number of hydrogen-bond donors (Lipinski definition) is 1. The minimum absolute atomic E-state index is 0.0743. The fourth-order valence-electron chi connectivity index (χ4n) is 5.24. The zero-order valence-corrected chi connectivity index (χ0v) is 25.7. The number of ether oxygens (including phenoxy) is 1. The summed E-state index contributed by atoms with van der Waals surface area (Å²) in [5.74, 6) is -0.149. The Balaban J connectivity index is 1.68. The number of aryl methyl sites for hydroxylation is 2. The van der Waals surface area contributed by atoms with Crippen LogP contribution in [0, 0.1) is 13.8 Å². The number of rotatable bonds is 11. The Morgan fingerprint density at radius 3 is 2.19 bits per heavy atom. The van der Waals surface area contributed by atoms with Crippen LogP contribution in [0.1, 0.15) is 55.7 Å². The van der Waals surface area contributed by atoms with Gasteiger partial charge in [0.15, 0.2) is 0 Å². The summed E-state index contributed by atoms with van der Waals surface area (Å²) in [7, 11) is -2.59. The van der Waals surface area contributed by atoms with Crippen molar-refractivity contribution in [1.29, 1.82) is 0 Å². The zero-order valence-electron chi connectivity index (χ0n) is 24.9. The number of amides is 2. The average molecular weight is 592 g/mol. The zero-order chi connectivity index (χ0) is 30.3. The Morgan fingerprint density at radius 2 is 1.57 bits per heavy atom. The lowest BCUT2D eigenvalue weighted by atomic mass is 9.95. The van der Waals surface area contributed by atoms with Crippen molar-refractivity contribution < 1.29 is 22.7 Å². The molecule has 0 aliphatic heterocycles. The first-order valence-electron chi connectivity index (χ1n) is 14.5. The van der Waals surface area contributed by atoms with Crippen molar-refractivity contribution in [1.82, 2.24) is 10.2 Å². The van der Waals surface area contributed by atoms with E-state index < -0.39 is 28.5 Å². The molecule has 1 unspecified atom stereocenters. The van der Waals surface area contributed by atoms with Crippen molar-refractivity contribution in [3.63, 3.8) is 0 Å². The molecule has 1 N–H and O–H groups in total. The van der Waals surface area contributed by atoms with Crippen molar-refractivity contribution in [3.05, 3.63) is 89.5 Å². The van der Waals surface area contributed by atoms with Crippen LogP contribution in [-0.4, -0.2) is 50.9 Å². The molecule has 0 bridgehead atoms. The van der Waals surface area contributed by atoms with Crippen LogP contribution in [0.5, 0.6) is 5.75 Å². The SMILES string of the molecule is COc1ccc(N(CC(=O)N(Cc2ccccc2C)C(C)C(=O)NC2CCCCC2)S(=O)(=O)c2ccc(C)cc2)cc1. The molecule has 1 aliphatic carbocycles. The summed E-state index contributed by atoms with van der Waals surface area (Å²) in [5.41, 5.74) is 3.11. The van der Waals surface area contributed by atoms with E-state index in [4.69, 9.17) is 4.74 Å². The van der Waals surface area contributed by atoms with Crippen LogP contribution < -0.4 is 14.4 Å². The van der Waals surface area contributed by atoms with Gasteiger partial charge in [0.1, 0.15) is 18.3 Å². The van der Waals surface area contributed by atoms with Crippen molar-refractivity contribution in [2.45, 2.75) is 76.4 Å². The van der Waals surface area contributed by atoms with E-state index in [2.05, 4.69) is 5.32 Å². The lowest BCUT2D eigenvalue weighted by Gasteiger charge is -2.33. The van der Waals surface area contributed by atoms with E-state index in [1.807, 2.05) is 38.1 Å². The average Bonchev–Trinajstić information content (AvgIpc) is 2.99. The summed E-state index contributed by atoms with van der Waals surface area (Å²) in [6.07, 6.45) is 5.14. The van der Waals surface area contributed by atoms with Gasteiger partial charge in [0, 0.05) is 12.6 Å². The van der Waals surface area contributed by atoms with Crippen LogP contribution in [0.3, 0.4) is 0 Å². The van der Waals surface area contributed by atoms with E-state index in [9.17, 15) is 18.0 Å². The van der Waals surface area contributed by atoms with E-state index in [0.29, 0.717) is 11.4 Å². The monoisotopic (exact) mass is 591 g/mol. The normalized spacial score (nSPS) is 14.6. The van der Waals surface area contributed by atoms with Gasteiger partial charge < -0.3 is 15.0 Å². The summed E-state index contributed by atoms with van der Waals surface area (Å²) in [4.78, 5) is 29.2. The lowest BCUT2D eigenvalue weighted by molar-refractivity contribution is -0.139. The highest BCUT2D eigenvalue weighted by atomic mass is 32.2. The number of anilines is 1. The molecule has 1 atom stereocenters. The van der Waals surface area contributed by atoms with Crippen LogP contribution in [0.4, 0.5) is 5.69 Å². The molecule has 8 nitrogen and oxygen atoms in total. The number of nitrogens with zero attached hydrogens (tertiary/aromatic N) is 2. The Morgan fingerprint density at radius 1 is 0.929 bits per heavy atom. The smallest absolute Gasteiger partial charge is 0.264 e. The molecule has 42 heavy (non-hydrogen) atoms. The van der Waals surface area contributed by atoms with Gasteiger partial charge in [-0.1, -0.05) is 61.2 Å². The Bertz CT molecular complexity index is 1470. The van der Waals surface area contributed by atoms with Gasteiger partial charge in [-0.05, 0) is 81.1 Å². The van der Waals surface area contributed by atoms with Crippen LogP contribution >= 0.6 is 0 Å². The second-order valence-corrected chi connectivity index (χ2v) is 12.9. The molecular formula is C33H41N3O5S. The van der Waals surface area contributed by atoms with E-state index in [-0.39, 0.29) is 23.4 Å². The van der Waals surface area contributed by atoms with E-state index in [1.165, 1.54) is 24.1 Å². The predicted molar refractivity (Wildman–Crippen MR) is 165 cm³/mol. The minimum Gasteiger partial charge on any atom is -0.497 e. The standard InChI is InChI=1S/C33H41N3O5S/c1-24-14-20-31(21-15-24)42(39,40)36(29-16-18-30(41-4)19-17-29)23-32(37)35(22-27-11-9-8-10-25(27)2)26(3)33(38)34-28-12-6-5-7-13-28/h8-11,14-21,26,28H,5-7,12-13,22-23H2,1-4H3,(H,34,38). The minimum atomic E-state index is -4.12. The molecule has 0 saturated heterocycles. The van der Waals surface area contributed by atoms with Gasteiger partial charge >= 0.3 is 0 Å². The van der Waals surface area contributed by atoms with E-state index in [1.54, 1.807) is 43.3 Å². The van der Waals surface area contributed by atoms with Gasteiger partial charge in [0.2, 0.25) is 11.8 Å². The van der Waals surface area contributed by atoms with Gasteiger partial charge in [-0.15, -0.1) is 0 Å². The highest BCUT2D eigenvalue weighted by Gasteiger charge is 2.33. The number of methoxy groups -OCH3 is 1. The molecule has 4 rings (SSSR count). The second-order valence-electron chi connectivity index (χ2n) is 11.0. The van der Waals surface area contributed by atoms with E-state index in [0.717, 1.165) is 53.1 Å². The first-order valence-corrected chi connectivity index (χ1v) is 15.9. The van der Waals surface area contributed by atoms with E-state index >= 15 is 0 Å². The van der Waals surface area contributed by atoms with Gasteiger partial charge in [-0.3, -0.25) is 13.9 Å². The third-order valence-corrected chi connectivity index (χ3v) is 9.76. The topological polar surface area (TPSA) is 96.0 Å². The maximum absolute atomic E-state index is 14.2. The second kappa shape index (κ2) is 13.9. The molecule has 9 heteroatoms. The third kappa shape index (κ3) is 7.50. The Kier molecular flexibility index (Phi) is 10.3. The number of hydrogen-bond acceptors (Lipinski definition) is 5. The molecule has 224 valence electrons. The molecule has 0 aromatic heterocycles. The fraction of sp³-hybridized carbons (Fsp3) is 0.394. The van der Waals surface area contributed by atoms with Crippen molar-refractivity contribution in [2.24, 2.45) is 0 Å². The highest BCUT2D eigenvalue weighted by molar-refractivity contribution is 7.92. The predicted octanol–water partition coefficient (Wildman–Crippen LogP) is 5.37. The van der Waals surface area contributed by atoms with Gasteiger partial charge in [-0.25, -0.2) is 8.42 Å². The number of carbonyl (C=O) groups is 2. The number of carbonyl (C=O) groups excluding carboxylic acids is 2. The highest BCUT2D eigenvalue weighted by Crippen LogP contribution is 2.27. The first-order chi connectivity index (χ1) is 20.1. The summed E-state index contributed by atoms with van der Waals surface area (Å²) in [5, 5.41) is 3.13. The summed E-state index contributed by atoms with van der Waals surface area (Å²) in [6, 6.07) is 20.0. The third-order valence-electron chi connectivity index (χ3n) is 7.97.